The predicted octanol–water partition coefficient (Wildman–Crippen LogP) is 3.57. The lowest BCUT2D eigenvalue weighted by molar-refractivity contribution is -0.154. The van der Waals surface area contributed by atoms with Gasteiger partial charge in [-0.2, -0.15) is 0 Å². The minimum atomic E-state index is -1.18. The first-order valence-electron chi connectivity index (χ1n) is 14.3. The second-order valence-corrected chi connectivity index (χ2v) is 11.6. The van der Waals surface area contributed by atoms with Crippen molar-refractivity contribution in [3.05, 3.63) is 91.5 Å². The maximum absolute atomic E-state index is 14.5. The first kappa shape index (κ1) is 28.8. The molecule has 2 aromatic rings. The highest BCUT2D eigenvalue weighted by molar-refractivity contribution is 6.03. The number of hydrogen-bond acceptors (Lipinski definition) is 5. The van der Waals surface area contributed by atoms with Gasteiger partial charge >= 0.3 is 0 Å². The number of para-hydroxylation sites is 1. The summed E-state index contributed by atoms with van der Waals surface area (Å²) in [5, 5.41) is 10.2. The Morgan fingerprint density at radius 2 is 1.68 bits per heavy atom. The summed E-state index contributed by atoms with van der Waals surface area (Å²) in [5.74, 6) is -2.47. The SMILES string of the molecule is C=CCN(Cc1ccccc1)C(=O)C1N([C@H](C)CO)C(=O)[C@@H]2[C@@H](C(=O)N(CC=C)c3ccccc3)[C@@]3(C)CCC12O3. The summed E-state index contributed by atoms with van der Waals surface area (Å²) in [5.41, 5.74) is -0.445. The van der Waals surface area contributed by atoms with Crippen LogP contribution in [0.5, 0.6) is 0 Å². The van der Waals surface area contributed by atoms with Crippen molar-refractivity contribution in [3.63, 3.8) is 0 Å². The quantitative estimate of drug-likeness (QED) is 0.427. The fourth-order valence-electron chi connectivity index (χ4n) is 7.17. The molecule has 8 nitrogen and oxygen atoms in total. The Hall–Kier alpha value is -3.75. The molecule has 0 saturated carbocycles. The number of carbonyl (C=O) groups is 3. The van der Waals surface area contributed by atoms with Crippen LogP contribution in [0.1, 0.15) is 32.3 Å². The summed E-state index contributed by atoms with van der Waals surface area (Å²) >= 11 is 0. The van der Waals surface area contributed by atoms with Gasteiger partial charge in [-0.15, -0.1) is 13.2 Å². The Labute approximate surface area is 241 Å². The second-order valence-electron chi connectivity index (χ2n) is 11.6. The average Bonchev–Trinajstić information content (AvgIpc) is 3.56. The van der Waals surface area contributed by atoms with Crippen molar-refractivity contribution in [2.75, 3.05) is 24.6 Å². The number of carbonyl (C=O) groups excluding carboxylic acids is 3. The fraction of sp³-hybridized carbons (Fsp3) is 0.424. The number of anilines is 1. The number of nitrogens with zero attached hydrogens (tertiary/aromatic N) is 3. The van der Waals surface area contributed by atoms with Gasteiger partial charge < -0.3 is 24.5 Å². The number of ether oxygens (including phenoxy) is 1. The van der Waals surface area contributed by atoms with Crippen LogP contribution < -0.4 is 4.90 Å². The zero-order chi connectivity index (χ0) is 29.4. The van der Waals surface area contributed by atoms with E-state index in [1.165, 1.54) is 4.90 Å². The Balaban J connectivity index is 1.57. The minimum Gasteiger partial charge on any atom is -0.394 e. The van der Waals surface area contributed by atoms with Crippen LogP contribution in [0.15, 0.2) is 86.0 Å². The fourth-order valence-corrected chi connectivity index (χ4v) is 7.17. The van der Waals surface area contributed by atoms with Gasteiger partial charge in [0, 0.05) is 25.3 Å². The standard InChI is InChI=1S/C33H39N3O5/c1-5-19-34(21-24-13-9-7-10-14-24)31(40)28-33-18-17-32(4,41-33)26(27(33)30(39)36(28)23(3)22-37)29(38)35(20-6-2)25-15-11-8-12-16-25/h5-16,23,26-28,37H,1-2,17-22H2,3-4H3/t23-,26+,27+,28?,32-,33?/m1/s1. The van der Waals surface area contributed by atoms with Crippen molar-refractivity contribution >= 4 is 23.4 Å². The van der Waals surface area contributed by atoms with Crippen LogP contribution in [0.25, 0.3) is 0 Å². The van der Waals surface area contributed by atoms with Gasteiger partial charge in [-0.1, -0.05) is 60.7 Å². The van der Waals surface area contributed by atoms with E-state index in [1.807, 2.05) is 67.6 Å². The molecule has 0 radical (unpaired) electrons. The Bertz CT molecular complexity index is 1320. The molecule has 5 rings (SSSR count). The summed E-state index contributed by atoms with van der Waals surface area (Å²) in [6.45, 7) is 11.9. The van der Waals surface area contributed by atoms with E-state index in [9.17, 15) is 19.5 Å². The molecule has 3 aliphatic rings. The van der Waals surface area contributed by atoms with Crippen molar-refractivity contribution in [1.29, 1.82) is 0 Å². The third-order valence-corrected chi connectivity index (χ3v) is 8.98. The molecular formula is C33H39N3O5. The highest BCUT2D eigenvalue weighted by atomic mass is 16.5. The van der Waals surface area contributed by atoms with Gasteiger partial charge in [-0.25, -0.2) is 0 Å². The average molecular weight is 558 g/mol. The van der Waals surface area contributed by atoms with Gasteiger partial charge in [-0.05, 0) is 44.4 Å². The van der Waals surface area contributed by atoms with Crippen LogP contribution in [0.2, 0.25) is 0 Å². The molecule has 0 aliphatic carbocycles. The van der Waals surface area contributed by atoms with Crippen LogP contribution >= 0.6 is 0 Å². The monoisotopic (exact) mass is 557 g/mol. The third kappa shape index (κ3) is 4.69. The summed E-state index contributed by atoms with van der Waals surface area (Å²) in [6, 6.07) is 17.3. The highest BCUT2D eigenvalue weighted by Crippen LogP contribution is 2.64. The number of hydrogen-bond donors (Lipinski definition) is 1. The van der Waals surface area contributed by atoms with E-state index in [0.717, 1.165) is 5.56 Å². The first-order valence-corrected chi connectivity index (χ1v) is 14.3. The van der Waals surface area contributed by atoms with Gasteiger partial charge in [0.15, 0.2) is 0 Å². The Morgan fingerprint density at radius 1 is 1.05 bits per heavy atom. The molecule has 6 atom stereocenters. The number of aliphatic hydroxyl groups is 1. The number of likely N-dealkylation sites (tertiary alicyclic amines) is 1. The van der Waals surface area contributed by atoms with Crippen LogP contribution in [0.4, 0.5) is 5.69 Å². The molecule has 2 unspecified atom stereocenters. The molecule has 8 heteroatoms. The second kappa shape index (κ2) is 11.3. The number of aliphatic hydroxyl groups excluding tert-OH is 1. The van der Waals surface area contributed by atoms with E-state index >= 15 is 0 Å². The predicted molar refractivity (Wildman–Crippen MR) is 157 cm³/mol. The van der Waals surface area contributed by atoms with E-state index in [4.69, 9.17) is 4.74 Å². The molecule has 41 heavy (non-hydrogen) atoms. The molecule has 3 aliphatic heterocycles. The minimum absolute atomic E-state index is 0.226. The van der Waals surface area contributed by atoms with Crippen LogP contribution in [0, 0.1) is 11.8 Å². The molecule has 216 valence electrons. The molecule has 3 heterocycles. The summed E-state index contributed by atoms with van der Waals surface area (Å²) in [4.78, 5) is 48.0. The lowest BCUT2D eigenvalue weighted by Gasteiger charge is -2.38. The molecule has 3 fully saturated rings. The van der Waals surface area contributed by atoms with Gasteiger partial charge in [0.2, 0.25) is 17.7 Å². The van der Waals surface area contributed by atoms with E-state index < -0.39 is 35.1 Å². The lowest BCUT2D eigenvalue weighted by Crippen LogP contribution is -2.58. The highest BCUT2D eigenvalue weighted by Gasteiger charge is 2.78. The smallest absolute Gasteiger partial charge is 0.249 e. The lowest BCUT2D eigenvalue weighted by atomic mass is 9.66. The van der Waals surface area contributed by atoms with Crippen LogP contribution in [-0.4, -0.2) is 75.6 Å². The maximum Gasteiger partial charge on any atom is 0.249 e. The summed E-state index contributed by atoms with van der Waals surface area (Å²) in [7, 11) is 0. The van der Waals surface area contributed by atoms with E-state index in [1.54, 1.807) is 28.9 Å². The van der Waals surface area contributed by atoms with Crippen molar-refractivity contribution in [3.8, 4) is 0 Å². The van der Waals surface area contributed by atoms with E-state index in [-0.39, 0.29) is 37.4 Å². The van der Waals surface area contributed by atoms with Crippen molar-refractivity contribution in [2.45, 2.75) is 56.5 Å². The van der Waals surface area contributed by atoms with Gasteiger partial charge in [0.1, 0.15) is 11.6 Å². The molecule has 2 bridgehead atoms. The Kier molecular flexibility index (Phi) is 7.90. The van der Waals surface area contributed by atoms with Crippen LogP contribution in [-0.2, 0) is 25.7 Å². The molecule has 1 N–H and O–H groups in total. The largest absolute Gasteiger partial charge is 0.394 e. The number of rotatable bonds is 11. The maximum atomic E-state index is 14.5. The first-order chi connectivity index (χ1) is 19.7. The van der Waals surface area contributed by atoms with Crippen molar-refractivity contribution in [1.82, 2.24) is 9.80 Å². The number of amides is 3. The topological polar surface area (TPSA) is 90.4 Å². The van der Waals surface area contributed by atoms with Crippen molar-refractivity contribution in [2.24, 2.45) is 11.8 Å². The van der Waals surface area contributed by atoms with Gasteiger partial charge in [0.25, 0.3) is 0 Å². The zero-order valence-electron chi connectivity index (χ0n) is 23.8. The molecule has 3 saturated heterocycles. The number of fused-ring (bicyclic) bond motifs is 1. The van der Waals surface area contributed by atoms with Crippen molar-refractivity contribution < 1.29 is 24.2 Å². The molecule has 0 aromatic heterocycles. The molecule has 2 aromatic carbocycles. The van der Waals surface area contributed by atoms with Gasteiger partial charge in [-0.3, -0.25) is 14.4 Å². The van der Waals surface area contributed by atoms with Crippen LogP contribution in [0.3, 0.4) is 0 Å². The third-order valence-electron chi connectivity index (χ3n) is 8.98. The molecule has 3 amide bonds. The van der Waals surface area contributed by atoms with Gasteiger partial charge in [0.05, 0.1) is 30.1 Å². The number of benzene rings is 2. The molecule has 1 spiro atoms. The Morgan fingerprint density at radius 3 is 2.29 bits per heavy atom. The molecular weight excluding hydrogens is 518 g/mol. The van der Waals surface area contributed by atoms with E-state index in [2.05, 4.69) is 13.2 Å². The summed E-state index contributed by atoms with van der Waals surface area (Å²) in [6.07, 6.45) is 4.33. The summed E-state index contributed by atoms with van der Waals surface area (Å²) < 4.78 is 6.79. The normalized spacial score (nSPS) is 28.7. The van der Waals surface area contributed by atoms with E-state index in [0.29, 0.717) is 25.1 Å². The zero-order valence-corrected chi connectivity index (χ0v) is 23.8.